The molecule has 158 valence electrons. The van der Waals surface area contributed by atoms with E-state index in [1.165, 1.54) is 0 Å². The Balaban J connectivity index is 1.34. The SMILES string of the molecule is COc1cccc(OC)c1CNC1CCC(Nc2ccnc3cc(Cl)ccc23)CC1. The van der Waals surface area contributed by atoms with Crippen LogP contribution in [0, 0.1) is 0 Å². The fourth-order valence-corrected chi connectivity index (χ4v) is 4.42. The Bertz CT molecular complexity index is 981. The average Bonchev–Trinajstić information content (AvgIpc) is 2.78. The van der Waals surface area contributed by atoms with Gasteiger partial charge in [0.05, 0.1) is 19.7 Å². The predicted molar refractivity (Wildman–Crippen MR) is 123 cm³/mol. The summed E-state index contributed by atoms with van der Waals surface area (Å²) in [5, 5.41) is 9.25. The smallest absolute Gasteiger partial charge is 0.127 e. The summed E-state index contributed by atoms with van der Waals surface area (Å²) in [5.74, 6) is 1.73. The Hall–Kier alpha value is -2.50. The first-order valence-corrected chi connectivity index (χ1v) is 10.8. The Kier molecular flexibility index (Phi) is 6.60. The Labute approximate surface area is 182 Å². The Morgan fingerprint density at radius 2 is 1.67 bits per heavy atom. The summed E-state index contributed by atoms with van der Waals surface area (Å²) in [6, 6.07) is 14.8. The van der Waals surface area contributed by atoms with E-state index in [0.717, 1.165) is 65.9 Å². The number of nitrogens with one attached hydrogen (secondary N) is 2. The van der Waals surface area contributed by atoms with Crippen molar-refractivity contribution in [3.63, 3.8) is 0 Å². The standard InChI is InChI=1S/C24H28ClN3O2/c1-29-23-4-3-5-24(30-2)20(23)15-27-17-7-9-18(10-8-17)28-21-12-13-26-22-14-16(25)6-11-19(21)22/h3-6,11-14,17-18,27H,7-10,15H2,1-2H3,(H,26,28). The van der Waals surface area contributed by atoms with Crippen LogP contribution in [0.25, 0.3) is 10.9 Å². The molecule has 30 heavy (non-hydrogen) atoms. The monoisotopic (exact) mass is 425 g/mol. The van der Waals surface area contributed by atoms with Gasteiger partial charge in [0, 0.05) is 46.5 Å². The van der Waals surface area contributed by atoms with E-state index in [1.807, 2.05) is 42.6 Å². The van der Waals surface area contributed by atoms with Gasteiger partial charge in [-0.1, -0.05) is 17.7 Å². The van der Waals surface area contributed by atoms with Crippen molar-refractivity contribution >= 4 is 28.2 Å². The molecule has 0 atom stereocenters. The normalized spacial score (nSPS) is 18.9. The minimum Gasteiger partial charge on any atom is -0.496 e. The average molecular weight is 426 g/mol. The van der Waals surface area contributed by atoms with E-state index >= 15 is 0 Å². The van der Waals surface area contributed by atoms with Crippen LogP contribution in [0.1, 0.15) is 31.2 Å². The van der Waals surface area contributed by atoms with E-state index in [4.69, 9.17) is 21.1 Å². The highest BCUT2D eigenvalue weighted by Crippen LogP contribution is 2.30. The van der Waals surface area contributed by atoms with Gasteiger partial charge in [-0.2, -0.15) is 0 Å². The zero-order valence-electron chi connectivity index (χ0n) is 17.5. The lowest BCUT2D eigenvalue weighted by Gasteiger charge is -2.31. The molecule has 4 rings (SSSR count). The topological polar surface area (TPSA) is 55.4 Å². The van der Waals surface area contributed by atoms with E-state index in [2.05, 4.69) is 21.7 Å². The third-order valence-corrected chi connectivity index (χ3v) is 6.12. The van der Waals surface area contributed by atoms with E-state index in [0.29, 0.717) is 17.1 Å². The van der Waals surface area contributed by atoms with Crippen LogP contribution in [0.4, 0.5) is 5.69 Å². The number of halogens is 1. The van der Waals surface area contributed by atoms with Gasteiger partial charge < -0.3 is 20.1 Å². The first kappa shape index (κ1) is 20.8. The molecular formula is C24H28ClN3O2. The lowest BCUT2D eigenvalue weighted by molar-refractivity contribution is 0.342. The van der Waals surface area contributed by atoms with Crippen molar-refractivity contribution < 1.29 is 9.47 Å². The molecule has 1 saturated carbocycles. The van der Waals surface area contributed by atoms with Crippen LogP contribution in [0.2, 0.25) is 5.02 Å². The molecule has 0 saturated heterocycles. The molecule has 3 aromatic rings. The van der Waals surface area contributed by atoms with Gasteiger partial charge in [-0.25, -0.2) is 0 Å². The van der Waals surface area contributed by atoms with E-state index in [1.54, 1.807) is 14.2 Å². The molecule has 1 aliphatic rings. The van der Waals surface area contributed by atoms with E-state index in [9.17, 15) is 0 Å². The highest BCUT2D eigenvalue weighted by atomic mass is 35.5. The number of hydrogen-bond acceptors (Lipinski definition) is 5. The fraction of sp³-hybridized carbons (Fsp3) is 0.375. The number of methoxy groups -OCH3 is 2. The van der Waals surface area contributed by atoms with Gasteiger partial charge in [-0.15, -0.1) is 0 Å². The molecule has 5 nitrogen and oxygen atoms in total. The van der Waals surface area contributed by atoms with Crippen molar-refractivity contribution in [1.29, 1.82) is 0 Å². The second-order valence-electron chi connectivity index (χ2n) is 7.73. The molecule has 0 radical (unpaired) electrons. The van der Waals surface area contributed by atoms with Crippen molar-refractivity contribution in [3.8, 4) is 11.5 Å². The molecule has 1 aromatic heterocycles. The minimum atomic E-state index is 0.463. The summed E-state index contributed by atoms with van der Waals surface area (Å²) in [6.07, 6.45) is 6.35. The predicted octanol–water partition coefficient (Wildman–Crippen LogP) is 5.42. The first-order chi connectivity index (χ1) is 14.7. The third kappa shape index (κ3) is 4.63. The van der Waals surface area contributed by atoms with Crippen LogP contribution >= 0.6 is 11.6 Å². The molecular weight excluding hydrogens is 398 g/mol. The van der Waals surface area contributed by atoms with Gasteiger partial charge in [0.15, 0.2) is 0 Å². The van der Waals surface area contributed by atoms with Crippen LogP contribution in [0.3, 0.4) is 0 Å². The van der Waals surface area contributed by atoms with Crippen molar-refractivity contribution in [2.75, 3.05) is 19.5 Å². The quantitative estimate of drug-likeness (QED) is 0.529. The summed E-state index contributed by atoms with van der Waals surface area (Å²) in [7, 11) is 3.40. The van der Waals surface area contributed by atoms with Gasteiger partial charge in [0.1, 0.15) is 11.5 Å². The number of fused-ring (bicyclic) bond motifs is 1. The number of hydrogen-bond donors (Lipinski definition) is 2. The number of rotatable bonds is 7. The summed E-state index contributed by atoms with van der Waals surface area (Å²) in [6.45, 7) is 0.742. The maximum Gasteiger partial charge on any atom is 0.127 e. The second kappa shape index (κ2) is 9.54. The summed E-state index contributed by atoms with van der Waals surface area (Å²) >= 11 is 6.11. The third-order valence-electron chi connectivity index (χ3n) is 5.89. The van der Waals surface area contributed by atoms with Crippen LogP contribution in [-0.2, 0) is 6.54 Å². The number of anilines is 1. The molecule has 2 N–H and O–H groups in total. The van der Waals surface area contributed by atoms with Crippen LogP contribution in [0.15, 0.2) is 48.7 Å². The van der Waals surface area contributed by atoms with E-state index in [-0.39, 0.29) is 0 Å². The maximum atomic E-state index is 6.11. The number of nitrogens with zero attached hydrogens (tertiary/aromatic N) is 1. The van der Waals surface area contributed by atoms with Gasteiger partial charge in [0.2, 0.25) is 0 Å². The zero-order valence-corrected chi connectivity index (χ0v) is 18.2. The zero-order chi connectivity index (χ0) is 20.9. The summed E-state index contributed by atoms with van der Waals surface area (Å²) in [4.78, 5) is 4.43. The van der Waals surface area contributed by atoms with Gasteiger partial charge in [-0.3, -0.25) is 4.98 Å². The molecule has 0 spiro atoms. The number of pyridine rings is 1. The minimum absolute atomic E-state index is 0.463. The van der Waals surface area contributed by atoms with Crippen LogP contribution in [-0.4, -0.2) is 31.3 Å². The van der Waals surface area contributed by atoms with Crippen molar-refractivity contribution in [1.82, 2.24) is 10.3 Å². The molecule has 0 bridgehead atoms. The number of aromatic nitrogens is 1. The fourth-order valence-electron chi connectivity index (χ4n) is 4.26. The maximum absolute atomic E-state index is 6.11. The summed E-state index contributed by atoms with van der Waals surface area (Å²) < 4.78 is 11.0. The Morgan fingerprint density at radius 3 is 2.37 bits per heavy atom. The molecule has 0 unspecified atom stereocenters. The highest BCUT2D eigenvalue weighted by molar-refractivity contribution is 6.31. The van der Waals surface area contributed by atoms with E-state index < -0.39 is 0 Å². The highest BCUT2D eigenvalue weighted by Gasteiger charge is 2.22. The largest absolute Gasteiger partial charge is 0.496 e. The summed E-state index contributed by atoms with van der Waals surface area (Å²) in [5.41, 5.74) is 3.13. The molecule has 1 aliphatic carbocycles. The van der Waals surface area contributed by atoms with Gasteiger partial charge in [0.25, 0.3) is 0 Å². The molecule has 6 heteroatoms. The number of benzene rings is 2. The molecule has 2 aromatic carbocycles. The van der Waals surface area contributed by atoms with Crippen molar-refractivity contribution in [2.24, 2.45) is 0 Å². The molecule has 1 fully saturated rings. The van der Waals surface area contributed by atoms with Gasteiger partial charge >= 0.3 is 0 Å². The van der Waals surface area contributed by atoms with Crippen molar-refractivity contribution in [3.05, 3.63) is 59.2 Å². The Morgan fingerprint density at radius 1 is 0.967 bits per heavy atom. The second-order valence-corrected chi connectivity index (χ2v) is 8.17. The molecule has 1 heterocycles. The number of ether oxygens (including phenoxy) is 2. The lowest BCUT2D eigenvalue weighted by atomic mass is 9.90. The molecule has 0 aliphatic heterocycles. The molecule has 0 amide bonds. The van der Waals surface area contributed by atoms with Gasteiger partial charge in [-0.05, 0) is 62.1 Å². The van der Waals surface area contributed by atoms with Crippen molar-refractivity contribution in [2.45, 2.75) is 44.3 Å². The van der Waals surface area contributed by atoms with Crippen LogP contribution in [0.5, 0.6) is 11.5 Å². The first-order valence-electron chi connectivity index (χ1n) is 10.4. The lowest BCUT2D eigenvalue weighted by Crippen LogP contribution is -2.36. The van der Waals surface area contributed by atoms with Crippen LogP contribution < -0.4 is 20.1 Å².